The van der Waals surface area contributed by atoms with Crippen LogP contribution in [-0.4, -0.2) is 70.5 Å². The molecule has 4 aliphatic rings. The second-order valence-electron chi connectivity index (χ2n) is 8.84. The van der Waals surface area contributed by atoms with Crippen LogP contribution in [0.1, 0.15) is 27.7 Å². The summed E-state index contributed by atoms with van der Waals surface area (Å²) in [5, 5.41) is 22.3. The molecule has 31 heavy (non-hydrogen) atoms. The fourth-order valence-corrected chi connectivity index (χ4v) is 4.82. The van der Waals surface area contributed by atoms with Gasteiger partial charge in [-0.2, -0.15) is 0 Å². The van der Waals surface area contributed by atoms with Gasteiger partial charge in [-0.3, -0.25) is 14.4 Å². The van der Waals surface area contributed by atoms with Gasteiger partial charge in [0.2, 0.25) is 5.79 Å². The first kappa shape index (κ1) is 21.9. The molecule has 0 unspecified atom stereocenters. The van der Waals surface area contributed by atoms with Crippen LogP contribution in [0.4, 0.5) is 0 Å². The fraction of sp³-hybridized carbons (Fsp3) is 0.591. The van der Waals surface area contributed by atoms with E-state index in [4.69, 9.17) is 14.2 Å². The van der Waals surface area contributed by atoms with Crippen molar-refractivity contribution >= 4 is 17.5 Å². The summed E-state index contributed by atoms with van der Waals surface area (Å²) in [6.45, 7) is 6.84. The standard InChI is InChI=1S/C22H27NO8/c1-10(5-6-13(25)15-14(26)8-23-20(15)28)7-11(2)17-12(3)18-16(27)19-22(9-24,31-19)21(4,29-17)30-18/h5-7,11-12,17-19,24-25H,8-9H2,1-4H3,(H,23,28)/b6-5+,10-7+,15-13+/t11-,12-,17+,18-,19-,21+,22+/m1/s1. The molecule has 3 N–H and O–H groups in total. The SMILES string of the molecule is CC(/C=C/C(O)=C1/C(=O)CNC1=O)=C\[C@@H](C)[C@@H]1O[C@@]2(C)O[C@@H](C(=O)[C@H]3O[C@@]32CO)[C@@H]1C. The van der Waals surface area contributed by atoms with Crippen LogP contribution in [0.5, 0.6) is 0 Å². The van der Waals surface area contributed by atoms with Crippen LogP contribution in [0.3, 0.4) is 0 Å². The van der Waals surface area contributed by atoms with Gasteiger partial charge in [0.25, 0.3) is 5.91 Å². The number of nitrogens with one attached hydrogen (secondary N) is 1. The summed E-state index contributed by atoms with van der Waals surface area (Å²) in [5.74, 6) is -3.20. The molecule has 4 aliphatic heterocycles. The average molecular weight is 433 g/mol. The molecule has 1 amide bonds. The van der Waals surface area contributed by atoms with Crippen LogP contribution in [-0.2, 0) is 28.6 Å². The Morgan fingerprint density at radius 2 is 1.97 bits per heavy atom. The molecule has 0 radical (unpaired) electrons. The Morgan fingerprint density at radius 3 is 2.58 bits per heavy atom. The van der Waals surface area contributed by atoms with Gasteiger partial charge in [0.05, 0.1) is 19.3 Å². The van der Waals surface area contributed by atoms with E-state index < -0.39 is 35.3 Å². The molecule has 7 atom stereocenters. The van der Waals surface area contributed by atoms with Gasteiger partial charge < -0.3 is 29.7 Å². The molecule has 9 heteroatoms. The molecule has 0 aliphatic carbocycles. The topological polar surface area (TPSA) is 135 Å². The van der Waals surface area contributed by atoms with Gasteiger partial charge in [-0.05, 0) is 19.9 Å². The van der Waals surface area contributed by atoms with Crippen LogP contribution in [0.2, 0.25) is 0 Å². The van der Waals surface area contributed by atoms with E-state index in [0.717, 1.165) is 5.57 Å². The van der Waals surface area contributed by atoms with Gasteiger partial charge in [-0.25, -0.2) is 0 Å². The number of ether oxygens (including phenoxy) is 3. The first-order valence-corrected chi connectivity index (χ1v) is 10.3. The number of rotatable bonds is 5. The second kappa shape index (κ2) is 7.37. The largest absolute Gasteiger partial charge is 0.507 e. The van der Waals surface area contributed by atoms with Crippen LogP contribution in [0, 0.1) is 11.8 Å². The highest BCUT2D eigenvalue weighted by molar-refractivity contribution is 6.25. The Balaban J connectivity index is 1.53. The molecule has 2 bridgehead atoms. The highest BCUT2D eigenvalue weighted by Crippen LogP contribution is 2.57. The van der Waals surface area contributed by atoms with Crippen LogP contribution < -0.4 is 5.32 Å². The van der Waals surface area contributed by atoms with E-state index in [1.54, 1.807) is 13.0 Å². The van der Waals surface area contributed by atoms with Crippen molar-refractivity contribution in [1.29, 1.82) is 0 Å². The second-order valence-corrected chi connectivity index (χ2v) is 8.84. The lowest BCUT2D eigenvalue weighted by Gasteiger charge is -2.51. The molecular weight excluding hydrogens is 406 g/mol. The highest BCUT2D eigenvalue weighted by atomic mass is 16.8. The lowest BCUT2D eigenvalue weighted by Crippen LogP contribution is -2.67. The Bertz CT molecular complexity index is 918. The number of fused-ring (bicyclic) bond motifs is 4. The summed E-state index contributed by atoms with van der Waals surface area (Å²) in [4.78, 5) is 36.0. The monoisotopic (exact) mass is 433 g/mol. The molecule has 0 saturated carbocycles. The molecule has 9 nitrogen and oxygen atoms in total. The lowest BCUT2D eigenvalue weighted by molar-refractivity contribution is -0.355. The third kappa shape index (κ3) is 3.27. The van der Waals surface area contributed by atoms with E-state index in [2.05, 4.69) is 5.32 Å². The summed E-state index contributed by atoms with van der Waals surface area (Å²) in [6, 6.07) is 0. The fourth-order valence-electron chi connectivity index (χ4n) is 4.82. The molecule has 0 aromatic heterocycles. The quantitative estimate of drug-likeness (QED) is 0.187. The molecule has 4 rings (SSSR count). The zero-order chi connectivity index (χ0) is 22.7. The van der Waals surface area contributed by atoms with E-state index in [1.807, 2.05) is 26.8 Å². The minimum Gasteiger partial charge on any atom is -0.507 e. The number of Topliss-reactive ketones (excluding diaryl/α,β-unsaturated/α-hetero) is 2. The Morgan fingerprint density at radius 1 is 1.26 bits per heavy atom. The summed E-state index contributed by atoms with van der Waals surface area (Å²) < 4.78 is 17.8. The van der Waals surface area contributed by atoms with Crippen molar-refractivity contribution in [2.75, 3.05) is 13.2 Å². The molecule has 0 spiro atoms. The van der Waals surface area contributed by atoms with Gasteiger partial charge in [-0.1, -0.05) is 31.6 Å². The number of aliphatic hydroxyl groups excluding tert-OH is 2. The van der Waals surface area contributed by atoms with Crippen molar-refractivity contribution in [3.8, 4) is 0 Å². The van der Waals surface area contributed by atoms with Crippen molar-refractivity contribution in [2.45, 2.75) is 57.4 Å². The number of carbonyl (C=O) groups is 3. The van der Waals surface area contributed by atoms with Crippen LogP contribution in [0.15, 0.2) is 35.1 Å². The predicted molar refractivity (Wildman–Crippen MR) is 107 cm³/mol. The molecule has 168 valence electrons. The number of allylic oxidation sites excluding steroid dienone is 3. The first-order chi connectivity index (χ1) is 14.5. The third-order valence-corrected chi connectivity index (χ3v) is 6.67. The normalized spacial score (nSPS) is 42.5. The van der Waals surface area contributed by atoms with Gasteiger partial charge in [0, 0.05) is 11.8 Å². The molecule has 4 saturated heterocycles. The van der Waals surface area contributed by atoms with Gasteiger partial charge in [-0.15, -0.1) is 0 Å². The number of amides is 1. The molecule has 0 aromatic rings. The number of ketones is 2. The van der Waals surface area contributed by atoms with E-state index in [0.29, 0.717) is 0 Å². The molecule has 4 fully saturated rings. The Kier molecular flexibility index (Phi) is 5.20. The highest BCUT2D eigenvalue weighted by Gasteiger charge is 2.78. The maximum atomic E-state index is 12.7. The number of aliphatic hydroxyl groups is 2. The predicted octanol–water partition coefficient (Wildman–Crippen LogP) is 0.485. The maximum Gasteiger partial charge on any atom is 0.259 e. The van der Waals surface area contributed by atoms with E-state index in [-0.39, 0.29) is 48.2 Å². The number of hydrogen-bond donors (Lipinski definition) is 3. The van der Waals surface area contributed by atoms with Crippen LogP contribution >= 0.6 is 0 Å². The average Bonchev–Trinajstić information content (AvgIpc) is 3.40. The smallest absolute Gasteiger partial charge is 0.259 e. The summed E-state index contributed by atoms with van der Waals surface area (Å²) in [5.41, 5.74) is -0.637. The third-order valence-electron chi connectivity index (χ3n) is 6.67. The minimum atomic E-state index is -1.23. The zero-order valence-electron chi connectivity index (χ0n) is 17.9. The maximum absolute atomic E-state index is 12.7. The van der Waals surface area contributed by atoms with Gasteiger partial charge in [0.15, 0.2) is 23.3 Å². The number of hydrogen-bond acceptors (Lipinski definition) is 8. The van der Waals surface area contributed by atoms with E-state index in [1.165, 1.54) is 6.08 Å². The van der Waals surface area contributed by atoms with E-state index in [9.17, 15) is 24.6 Å². The molecule has 0 aromatic carbocycles. The zero-order valence-corrected chi connectivity index (χ0v) is 17.9. The number of epoxide rings is 1. The van der Waals surface area contributed by atoms with E-state index >= 15 is 0 Å². The summed E-state index contributed by atoms with van der Waals surface area (Å²) in [6.07, 6.45) is 3.07. The van der Waals surface area contributed by atoms with Crippen molar-refractivity contribution < 1.29 is 38.8 Å². The summed E-state index contributed by atoms with van der Waals surface area (Å²) in [7, 11) is 0. The first-order valence-electron chi connectivity index (χ1n) is 10.3. The Hall–Kier alpha value is -2.33. The van der Waals surface area contributed by atoms with Gasteiger partial charge >= 0.3 is 0 Å². The molecule has 4 heterocycles. The minimum absolute atomic E-state index is 0.116. The van der Waals surface area contributed by atoms with Crippen LogP contribution in [0.25, 0.3) is 0 Å². The molecular formula is C22H27NO8. The summed E-state index contributed by atoms with van der Waals surface area (Å²) >= 11 is 0. The Labute approximate surface area is 179 Å². The van der Waals surface area contributed by atoms with Crippen molar-refractivity contribution in [3.63, 3.8) is 0 Å². The van der Waals surface area contributed by atoms with Crippen molar-refractivity contribution in [1.82, 2.24) is 5.32 Å². The number of carbonyl (C=O) groups excluding carboxylic acids is 3. The van der Waals surface area contributed by atoms with Gasteiger partial charge in [0.1, 0.15) is 17.4 Å². The van der Waals surface area contributed by atoms with Crippen molar-refractivity contribution in [3.05, 3.63) is 35.1 Å². The van der Waals surface area contributed by atoms with Crippen molar-refractivity contribution in [2.24, 2.45) is 11.8 Å². The lowest BCUT2D eigenvalue weighted by atomic mass is 9.78.